The average molecular weight is 381 g/mol. The molecule has 0 N–H and O–H groups in total. The van der Waals surface area contributed by atoms with Crippen molar-refractivity contribution in [2.45, 2.75) is 0 Å². The summed E-state index contributed by atoms with van der Waals surface area (Å²) in [6, 6.07) is 10.6. The molecule has 3 heterocycles. The van der Waals surface area contributed by atoms with Gasteiger partial charge in [-0.1, -0.05) is 11.6 Å². The van der Waals surface area contributed by atoms with Gasteiger partial charge in [0.2, 0.25) is 5.78 Å². The Hall–Kier alpha value is -2.70. The number of fused-ring (bicyclic) bond motifs is 4. The van der Waals surface area contributed by atoms with Gasteiger partial charge in [0.15, 0.2) is 5.82 Å². The fourth-order valence-corrected chi connectivity index (χ4v) is 3.99. The Kier molecular flexibility index (Phi) is 3.60. The molecular formula is C20H17ClN4O2. The highest BCUT2D eigenvalue weighted by molar-refractivity contribution is 6.31. The maximum Gasteiger partial charge on any atom is 0.266 e. The molecule has 0 atom stereocenters. The van der Waals surface area contributed by atoms with Crippen LogP contribution in [0.3, 0.4) is 0 Å². The quantitative estimate of drug-likeness (QED) is 0.507. The van der Waals surface area contributed by atoms with E-state index in [-0.39, 0.29) is 17.2 Å². The van der Waals surface area contributed by atoms with Crippen molar-refractivity contribution in [1.29, 1.82) is 0 Å². The number of ketones is 1. The number of carbonyl (C=O) groups excluding carboxylic acids is 1. The van der Waals surface area contributed by atoms with Gasteiger partial charge in [0.25, 0.3) is 5.56 Å². The van der Waals surface area contributed by atoms with Gasteiger partial charge in [-0.2, -0.15) is 0 Å². The van der Waals surface area contributed by atoms with Gasteiger partial charge in [-0.3, -0.25) is 14.2 Å². The molecule has 6 nitrogen and oxygen atoms in total. The summed E-state index contributed by atoms with van der Waals surface area (Å²) in [5, 5.41) is 0.970. The second kappa shape index (κ2) is 5.90. The van der Waals surface area contributed by atoms with Crippen LogP contribution < -0.4 is 10.5 Å². The molecule has 1 fully saturated rings. The molecule has 1 saturated heterocycles. The molecule has 0 bridgehead atoms. The highest BCUT2D eigenvalue weighted by Crippen LogP contribution is 2.29. The van der Waals surface area contributed by atoms with Gasteiger partial charge in [0, 0.05) is 36.9 Å². The highest BCUT2D eigenvalue weighted by Gasteiger charge is 2.30. The van der Waals surface area contributed by atoms with E-state index in [0.717, 1.165) is 31.9 Å². The predicted octanol–water partition coefficient (Wildman–Crippen LogP) is 2.34. The first-order valence-corrected chi connectivity index (χ1v) is 9.26. The number of hydrogen-bond donors (Lipinski definition) is 0. The van der Waals surface area contributed by atoms with Crippen molar-refractivity contribution in [1.82, 2.24) is 14.5 Å². The summed E-state index contributed by atoms with van der Waals surface area (Å²) in [5.74, 6) is -0.114. The lowest BCUT2D eigenvalue weighted by Gasteiger charge is -2.34. The van der Waals surface area contributed by atoms with Gasteiger partial charge in [-0.25, -0.2) is 4.98 Å². The molecule has 0 unspecified atom stereocenters. The molecule has 2 aromatic carbocycles. The number of likely N-dealkylation sites (N-methyl/N-ethyl adjacent to an activating group) is 1. The number of halogens is 1. The van der Waals surface area contributed by atoms with Crippen molar-refractivity contribution >= 4 is 34.0 Å². The molecule has 0 spiro atoms. The second-order valence-electron chi connectivity index (χ2n) is 7.06. The Morgan fingerprint density at radius 1 is 1.00 bits per heavy atom. The van der Waals surface area contributed by atoms with Crippen LogP contribution in [0.5, 0.6) is 0 Å². The number of anilines is 1. The summed E-state index contributed by atoms with van der Waals surface area (Å²) in [4.78, 5) is 34.9. The van der Waals surface area contributed by atoms with Crippen LogP contribution in [0.2, 0.25) is 5.02 Å². The van der Waals surface area contributed by atoms with Crippen molar-refractivity contribution in [2.75, 3.05) is 38.1 Å². The van der Waals surface area contributed by atoms with E-state index in [1.807, 2.05) is 18.2 Å². The fourth-order valence-electron chi connectivity index (χ4n) is 3.82. The minimum absolute atomic E-state index is 0.153. The molecule has 136 valence electrons. The third-order valence-corrected chi connectivity index (χ3v) is 5.60. The molecule has 0 aliphatic carbocycles. The van der Waals surface area contributed by atoms with Gasteiger partial charge in [0.05, 0.1) is 22.2 Å². The van der Waals surface area contributed by atoms with Gasteiger partial charge >= 0.3 is 0 Å². The second-order valence-corrected chi connectivity index (χ2v) is 7.49. The lowest BCUT2D eigenvalue weighted by molar-refractivity contribution is 0.103. The Morgan fingerprint density at radius 3 is 2.56 bits per heavy atom. The zero-order valence-corrected chi connectivity index (χ0v) is 15.5. The molecule has 3 aromatic rings. The Morgan fingerprint density at radius 2 is 1.78 bits per heavy atom. The first-order chi connectivity index (χ1) is 13.0. The molecule has 2 aliphatic rings. The van der Waals surface area contributed by atoms with Gasteiger partial charge in [-0.05, 0) is 43.4 Å². The Balaban J connectivity index is 1.66. The molecule has 2 aliphatic heterocycles. The summed E-state index contributed by atoms with van der Waals surface area (Å²) in [6.45, 7) is 3.84. The van der Waals surface area contributed by atoms with E-state index in [2.05, 4.69) is 21.8 Å². The summed E-state index contributed by atoms with van der Waals surface area (Å²) >= 11 is 6.02. The minimum atomic E-state index is -0.267. The third-order valence-electron chi connectivity index (χ3n) is 5.37. The fraction of sp³-hybridized carbons (Fsp3) is 0.250. The van der Waals surface area contributed by atoms with Crippen molar-refractivity contribution in [2.24, 2.45) is 0 Å². The highest BCUT2D eigenvalue weighted by atomic mass is 35.5. The number of aromatic nitrogens is 2. The van der Waals surface area contributed by atoms with E-state index in [4.69, 9.17) is 11.6 Å². The van der Waals surface area contributed by atoms with Crippen LogP contribution in [0.4, 0.5) is 5.69 Å². The van der Waals surface area contributed by atoms with Crippen LogP contribution in [-0.2, 0) is 0 Å². The largest absolute Gasteiger partial charge is 0.369 e. The Bertz CT molecular complexity index is 1160. The monoisotopic (exact) mass is 380 g/mol. The zero-order valence-electron chi connectivity index (χ0n) is 14.8. The lowest BCUT2D eigenvalue weighted by atomic mass is 10.1. The van der Waals surface area contributed by atoms with Crippen molar-refractivity contribution < 1.29 is 4.79 Å². The molecule has 0 amide bonds. The average Bonchev–Trinajstić information content (AvgIpc) is 2.94. The van der Waals surface area contributed by atoms with Gasteiger partial charge < -0.3 is 9.80 Å². The summed E-state index contributed by atoms with van der Waals surface area (Å²) in [6.07, 6.45) is 0. The van der Waals surface area contributed by atoms with Crippen LogP contribution in [0, 0.1) is 0 Å². The van der Waals surface area contributed by atoms with Crippen molar-refractivity contribution in [3.05, 3.63) is 63.2 Å². The molecule has 7 heteroatoms. The summed E-state index contributed by atoms with van der Waals surface area (Å²) in [5.41, 5.74) is 2.31. The van der Waals surface area contributed by atoms with Crippen LogP contribution >= 0.6 is 11.6 Å². The predicted molar refractivity (Wildman–Crippen MR) is 105 cm³/mol. The number of rotatable bonds is 1. The van der Waals surface area contributed by atoms with E-state index in [9.17, 15) is 9.59 Å². The molecule has 1 aromatic heterocycles. The molecule has 0 radical (unpaired) electrons. The van der Waals surface area contributed by atoms with Crippen LogP contribution in [0.25, 0.3) is 16.6 Å². The summed E-state index contributed by atoms with van der Waals surface area (Å²) < 4.78 is 1.39. The minimum Gasteiger partial charge on any atom is -0.369 e. The number of carbonyl (C=O) groups is 1. The zero-order chi connectivity index (χ0) is 18.7. The third kappa shape index (κ3) is 2.48. The number of piperazine rings is 1. The summed E-state index contributed by atoms with van der Waals surface area (Å²) in [7, 11) is 2.11. The standard InChI is InChI=1S/C20H17ClN4O2/c1-23-6-8-24(9-7-23)13-3-4-14-16(11-13)22-19-18(26)15-10-12(21)2-5-17(15)25(19)20(14)27/h2-5,10-11H,6-9H2,1H3. The van der Waals surface area contributed by atoms with E-state index < -0.39 is 0 Å². The van der Waals surface area contributed by atoms with Crippen molar-refractivity contribution in [3.8, 4) is 5.69 Å². The van der Waals surface area contributed by atoms with Crippen LogP contribution in [-0.4, -0.2) is 53.5 Å². The van der Waals surface area contributed by atoms with Crippen molar-refractivity contribution in [3.63, 3.8) is 0 Å². The smallest absolute Gasteiger partial charge is 0.266 e. The number of benzene rings is 2. The van der Waals surface area contributed by atoms with E-state index in [1.54, 1.807) is 18.2 Å². The molecular weight excluding hydrogens is 364 g/mol. The van der Waals surface area contributed by atoms with Gasteiger partial charge in [0.1, 0.15) is 0 Å². The first-order valence-electron chi connectivity index (χ1n) is 8.88. The topological polar surface area (TPSA) is 58.4 Å². The number of hydrogen-bond acceptors (Lipinski definition) is 5. The maximum atomic E-state index is 13.1. The van der Waals surface area contributed by atoms with Gasteiger partial charge in [-0.15, -0.1) is 0 Å². The van der Waals surface area contributed by atoms with E-state index >= 15 is 0 Å². The number of nitrogens with zero attached hydrogens (tertiary/aromatic N) is 4. The van der Waals surface area contributed by atoms with Crippen LogP contribution in [0.1, 0.15) is 16.2 Å². The van der Waals surface area contributed by atoms with E-state index in [0.29, 0.717) is 27.2 Å². The first kappa shape index (κ1) is 16.5. The van der Waals surface area contributed by atoms with E-state index in [1.165, 1.54) is 4.57 Å². The molecule has 5 rings (SSSR count). The normalized spacial score (nSPS) is 16.7. The van der Waals surface area contributed by atoms with Crippen LogP contribution in [0.15, 0.2) is 41.2 Å². The SMILES string of the molecule is CN1CCN(c2ccc3c(=O)n4c(nc3c2)C(=O)c2cc(Cl)ccc2-4)CC1. The molecule has 0 saturated carbocycles. The molecule has 27 heavy (non-hydrogen) atoms. The Labute approximate surface area is 160 Å². The maximum absolute atomic E-state index is 13.1. The lowest BCUT2D eigenvalue weighted by Crippen LogP contribution is -2.44.